The molecule has 0 heterocycles. The minimum Gasteiger partial charge on any atom is -0.387 e. The van der Waals surface area contributed by atoms with Gasteiger partial charge in [0.1, 0.15) is 0 Å². The van der Waals surface area contributed by atoms with E-state index in [1.807, 2.05) is 43.3 Å². The molecule has 0 aromatic heterocycles. The Labute approximate surface area is 129 Å². The maximum Gasteiger partial charge on any atom is 0.257 e. The molecule has 0 radical (unpaired) electrons. The van der Waals surface area contributed by atoms with Gasteiger partial charge in [-0.2, -0.15) is 0 Å². The second-order valence-electron chi connectivity index (χ2n) is 4.84. The molecule has 2 aromatic carbocycles. The third-order valence-corrected chi connectivity index (χ3v) is 3.35. The van der Waals surface area contributed by atoms with Crippen molar-refractivity contribution in [2.24, 2.45) is 0 Å². The molecule has 0 bridgehead atoms. The van der Waals surface area contributed by atoms with Crippen LogP contribution >= 0.6 is 11.6 Å². The lowest BCUT2D eigenvalue weighted by molar-refractivity contribution is 0.102. The molecule has 0 fully saturated rings. The summed E-state index contributed by atoms with van der Waals surface area (Å²) in [7, 11) is 5.68. The van der Waals surface area contributed by atoms with E-state index in [0.29, 0.717) is 10.6 Å². The van der Waals surface area contributed by atoms with Crippen LogP contribution in [0.3, 0.4) is 0 Å². The van der Waals surface area contributed by atoms with Crippen molar-refractivity contribution in [1.82, 2.24) is 0 Å². The van der Waals surface area contributed by atoms with Crippen LogP contribution in [0.5, 0.6) is 0 Å². The van der Waals surface area contributed by atoms with Crippen LogP contribution in [-0.2, 0) is 0 Å². The van der Waals surface area contributed by atoms with Gasteiger partial charge in [0.05, 0.1) is 5.56 Å². The van der Waals surface area contributed by atoms with Crippen LogP contribution in [0.4, 0.5) is 17.1 Å². The number of anilines is 3. The Kier molecular flexibility index (Phi) is 4.70. The topological polar surface area (TPSA) is 44.4 Å². The molecule has 0 aliphatic heterocycles. The van der Waals surface area contributed by atoms with Crippen LogP contribution < -0.4 is 15.5 Å². The van der Waals surface area contributed by atoms with Crippen molar-refractivity contribution in [3.8, 4) is 0 Å². The van der Waals surface area contributed by atoms with Gasteiger partial charge in [0.2, 0.25) is 0 Å². The highest BCUT2D eigenvalue weighted by Crippen LogP contribution is 2.23. The van der Waals surface area contributed by atoms with Crippen molar-refractivity contribution in [2.75, 3.05) is 36.7 Å². The largest absolute Gasteiger partial charge is 0.387 e. The van der Waals surface area contributed by atoms with Gasteiger partial charge in [-0.3, -0.25) is 4.79 Å². The summed E-state index contributed by atoms with van der Waals surface area (Å²) < 4.78 is 0. The third kappa shape index (κ3) is 3.67. The molecule has 0 spiro atoms. The summed E-state index contributed by atoms with van der Waals surface area (Å²) in [4.78, 5) is 14.4. The number of carbonyl (C=O) groups excluding carboxylic acids is 1. The zero-order valence-electron chi connectivity index (χ0n) is 12.3. The van der Waals surface area contributed by atoms with E-state index < -0.39 is 0 Å². The fourth-order valence-electron chi connectivity index (χ4n) is 1.98. The van der Waals surface area contributed by atoms with Crippen LogP contribution in [0.1, 0.15) is 10.4 Å². The molecule has 0 atom stereocenters. The lowest BCUT2D eigenvalue weighted by atomic mass is 10.1. The molecule has 0 unspecified atom stereocenters. The number of nitrogens with one attached hydrogen (secondary N) is 2. The Hall–Kier alpha value is -2.20. The van der Waals surface area contributed by atoms with Crippen molar-refractivity contribution in [3.05, 3.63) is 53.1 Å². The van der Waals surface area contributed by atoms with E-state index in [4.69, 9.17) is 11.6 Å². The molecule has 1 amide bonds. The molecule has 0 aliphatic carbocycles. The molecule has 0 saturated heterocycles. The minimum atomic E-state index is -0.197. The number of nitrogens with zero attached hydrogens (tertiary/aromatic N) is 1. The van der Waals surface area contributed by atoms with E-state index in [-0.39, 0.29) is 5.91 Å². The molecular weight excluding hydrogens is 286 g/mol. The first kappa shape index (κ1) is 15.2. The highest BCUT2D eigenvalue weighted by atomic mass is 35.5. The molecule has 21 heavy (non-hydrogen) atoms. The fourth-order valence-corrected chi connectivity index (χ4v) is 2.15. The normalized spacial score (nSPS) is 10.1. The van der Waals surface area contributed by atoms with E-state index >= 15 is 0 Å². The zero-order chi connectivity index (χ0) is 15.4. The average molecular weight is 304 g/mol. The summed E-state index contributed by atoms with van der Waals surface area (Å²) in [6.07, 6.45) is 0. The molecule has 0 aliphatic rings. The highest BCUT2D eigenvalue weighted by Gasteiger charge is 2.12. The SMILES string of the molecule is CNc1ccc(Cl)cc1C(=O)Nc1cccc(N(C)C)c1. The van der Waals surface area contributed by atoms with Gasteiger partial charge in [0.25, 0.3) is 5.91 Å². The second-order valence-corrected chi connectivity index (χ2v) is 5.28. The van der Waals surface area contributed by atoms with E-state index in [0.717, 1.165) is 17.1 Å². The molecule has 0 saturated carbocycles. The fraction of sp³-hybridized carbons (Fsp3) is 0.188. The Bertz CT molecular complexity index is 656. The predicted molar refractivity (Wildman–Crippen MR) is 89.7 cm³/mol. The standard InChI is InChI=1S/C16H18ClN3O/c1-18-15-8-7-11(17)9-14(15)16(21)19-12-5-4-6-13(10-12)20(2)3/h4-10,18H,1-3H3,(H,19,21). The molecule has 110 valence electrons. The first-order valence-electron chi connectivity index (χ1n) is 6.57. The average Bonchev–Trinajstić information content (AvgIpc) is 2.47. The van der Waals surface area contributed by atoms with Gasteiger partial charge in [0, 0.05) is 43.2 Å². The smallest absolute Gasteiger partial charge is 0.257 e. The summed E-state index contributed by atoms with van der Waals surface area (Å²) in [6.45, 7) is 0. The quantitative estimate of drug-likeness (QED) is 0.905. The van der Waals surface area contributed by atoms with Gasteiger partial charge in [-0.25, -0.2) is 0 Å². The molecule has 4 nitrogen and oxygen atoms in total. The summed E-state index contributed by atoms with van der Waals surface area (Å²) in [5, 5.41) is 6.41. The van der Waals surface area contributed by atoms with Gasteiger partial charge < -0.3 is 15.5 Å². The zero-order valence-corrected chi connectivity index (χ0v) is 13.0. The van der Waals surface area contributed by atoms with Crippen LogP contribution in [-0.4, -0.2) is 27.1 Å². The van der Waals surface area contributed by atoms with Crippen LogP contribution in [0.2, 0.25) is 5.02 Å². The van der Waals surface area contributed by atoms with Crippen LogP contribution in [0, 0.1) is 0 Å². The van der Waals surface area contributed by atoms with E-state index in [1.165, 1.54) is 0 Å². The third-order valence-electron chi connectivity index (χ3n) is 3.12. The maximum atomic E-state index is 12.4. The van der Waals surface area contributed by atoms with E-state index in [1.54, 1.807) is 25.2 Å². The first-order valence-corrected chi connectivity index (χ1v) is 6.95. The number of amides is 1. The first-order chi connectivity index (χ1) is 10.0. The van der Waals surface area contributed by atoms with Gasteiger partial charge in [-0.15, -0.1) is 0 Å². The number of rotatable bonds is 4. The summed E-state index contributed by atoms with van der Waals surface area (Å²) in [6, 6.07) is 12.8. The van der Waals surface area contributed by atoms with Crippen molar-refractivity contribution in [3.63, 3.8) is 0 Å². The Balaban J connectivity index is 2.26. The van der Waals surface area contributed by atoms with Crippen LogP contribution in [0.15, 0.2) is 42.5 Å². The number of carbonyl (C=O) groups is 1. The summed E-state index contributed by atoms with van der Waals surface area (Å²) in [5.74, 6) is -0.197. The predicted octanol–water partition coefficient (Wildman–Crippen LogP) is 3.70. The van der Waals surface area contributed by atoms with Crippen molar-refractivity contribution >= 4 is 34.6 Å². The molecule has 2 aromatic rings. The summed E-state index contributed by atoms with van der Waals surface area (Å²) >= 11 is 5.97. The minimum absolute atomic E-state index is 0.197. The number of hydrogen-bond donors (Lipinski definition) is 2. The monoisotopic (exact) mass is 303 g/mol. The second kappa shape index (κ2) is 6.50. The van der Waals surface area contributed by atoms with Gasteiger partial charge in [-0.1, -0.05) is 17.7 Å². The Morgan fingerprint density at radius 2 is 1.90 bits per heavy atom. The lowest BCUT2D eigenvalue weighted by Crippen LogP contribution is -2.15. The number of hydrogen-bond acceptors (Lipinski definition) is 3. The molecule has 5 heteroatoms. The van der Waals surface area contributed by atoms with Gasteiger partial charge >= 0.3 is 0 Å². The van der Waals surface area contributed by atoms with Gasteiger partial charge in [0.15, 0.2) is 0 Å². The van der Waals surface area contributed by atoms with E-state index in [2.05, 4.69) is 10.6 Å². The molecule has 2 N–H and O–H groups in total. The van der Waals surface area contributed by atoms with Crippen molar-refractivity contribution < 1.29 is 4.79 Å². The van der Waals surface area contributed by atoms with Crippen LogP contribution in [0.25, 0.3) is 0 Å². The Morgan fingerprint density at radius 3 is 2.57 bits per heavy atom. The number of halogens is 1. The van der Waals surface area contributed by atoms with Gasteiger partial charge in [-0.05, 0) is 36.4 Å². The van der Waals surface area contributed by atoms with Crippen molar-refractivity contribution in [2.45, 2.75) is 0 Å². The Morgan fingerprint density at radius 1 is 1.14 bits per heavy atom. The van der Waals surface area contributed by atoms with E-state index in [9.17, 15) is 4.79 Å². The highest BCUT2D eigenvalue weighted by molar-refractivity contribution is 6.31. The summed E-state index contributed by atoms with van der Waals surface area (Å²) in [5.41, 5.74) is 3.02. The molecular formula is C16H18ClN3O. The lowest BCUT2D eigenvalue weighted by Gasteiger charge is -2.15. The van der Waals surface area contributed by atoms with Crippen molar-refractivity contribution in [1.29, 1.82) is 0 Å². The molecule has 2 rings (SSSR count). The maximum absolute atomic E-state index is 12.4. The number of benzene rings is 2.